The van der Waals surface area contributed by atoms with Crippen molar-refractivity contribution in [1.82, 2.24) is 20.4 Å². The van der Waals surface area contributed by atoms with E-state index in [-0.39, 0.29) is 21.8 Å². The molecule has 0 unspecified atom stereocenters. The monoisotopic (exact) mass is 403 g/mol. The first-order chi connectivity index (χ1) is 13.6. The van der Waals surface area contributed by atoms with E-state index >= 15 is 0 Å². The molecule has 3 amide bonds. The highest BCUT2D eigenvalue weighted by Crippen LogP contribution is 2.17. The molecule has 0 bridgehead atoms. The molecule has 10 heteroatoms. The van der Waals surface area contributed by atoms with Crippen LogP contribution < -0.4 is 15.4 Å². The van der Waals surface area contributed by atoms with E-state index in [9.17, 15) is 14.4 Å². The van der Waals surface area contributed by atoms with Gasteiger partial charge in [0.25, 0.3) is 11.8 Å². The topological polar surface area (TPSA) is 114 Å². The first-order valence-corrected chi connectivity index (χ1v) is 9.73. The molecule has 2 aromatic rings. The zero-order valence-corrected chi connectivity index (χ0v) is 16.3. The molecule has 3 rings (SSSR count). The van der Waals surface area contributed by atoms with Crippen LogP contribution in [-0.4, -0.2) is 59.6 Å². The predicted molar refractivity (Wildman–Crippen MR) is 104 cm³/mol. The molecule has 0 radical (unpaired) electrons. The zero-order valence-electron chi connectivity index (χ0n) is 15.4. The van der Waals surface area contributed by atoms with Gasteiger partial charge in [0.15, 0.2) is 0 Å². The number of methoxy groups -OCH3 is 1. The lowest BCUT2D eigenvalue weighted by atomic mass is 10.3. The van der Waals surface area contributed by atoms with Crippen molar-refractivity contribution in [1.29, 1.82) is 0 Å². The first-order valence-electron chi connectivity index (χ1n) is 8.91. The van der Waals surface area contributed by atoms with E-state index in [0.29, 0.717) is 37.4 Å². The average Bonchev–Trinajstić information content (AvgIpc) is 3.35. The van der Waals surface area contributed by atoms with Crippen LogP contribution in [0.25, 0.3) is 0 Å². The molecule has 1 aliphatic heterocycles. The fraction of sp³-hybridized carbons (Fsp3) is 0.389. The summed E-state index contributed by atoms with van der Waals surface area (Å²) in [6.45, 7) is 1.84. The van der Waals surface area contributed by atoms with Crippen molar-refractivity contribution in [3.05, 3.63) is 34.3 Å². The largest absolute Gasteiger partial charge is 0.497 e. The van der Waals surface area contributed by atoms with Crippen molar-refractivity contribution in [2.75, 3.05) is 32.1 Å². The number of rotatable bonds is 8. The standard InChI is InChI=1S/C18H21N5O4S/c1-27-13-7-5-12(6-8-13)20-16(26)18-22-21-17(28-18)15(25)19-9-3-11-23-10-2-4-14(23)24/h5-8H,2-4,9-11H2,1H3,(H,19,25)(H,20,26). The minimum atomic E-state index is -0.436. The third kappa shape index (κ3) is 5.03. The number of ether oxygens (including phenoxy) is 1. The van der Waals surface area contributed by atoms with Crippen LogP contribution in [0.4, 0.5) is 5.69 Å². The highest BCUT2D eigenvalue weighted by molar-refractivity contribution is 7.15. The van der Waals surface area contributed by atoms with Crippen LogP contribution in [0, 0.1) is 0 Å². The number of carbonyl (C=O) groups is 3. The molecule has 0 aliphatic carbocycles. The zero-order chi connectivity index (χ0) is 19.9. The van der Waals surface area contributed by atoms with Crippen LogP contribution in [0.2, 0.25) is 0 Å². The lowest BCUT2D eigenvalue weighted by molar-refractivity contribution is -0.127. The van der Waals surface area contributed by atoms with Crippen molar-refractivity contribution in [2.45, 2.75) is 19.3 Å². The maximum Gasteiger partial charge on any atom is 0.286 e. The van der Waals surface area contributed by atoms with Crippen molar-refractivity contribution >= 4 is 34.7 Å². The molecule has 0 saturated carbocycles. The molecular formula is C18H21N5O4S. The molecule has 2 N–H and O–H groups in total. The summed E-state index contributed by atoms with van der Waals surface area (Å²) in [7, 11) is 1.56. The van der Waals surface area contributed by atoms with Crippen LogP contribution >= 0.6 is 11.3 Å². The predicted octanol–water partition coefficient (Wildman–Crippen LogP) is 1.54. The van der Waals surface area contributed by atoms with E-state index < -0.39 is 5.91 Å². The summed E-state index contributed by atoms with van der Waals surface area (Å²) in [4.78, 5) is 37.7. The van der Waals surface area contributed by atoms with Gasteiger partial charge < -0.3 is 20.3 Å². The van der Waals surface area contributed by atoms with E-state index in [1.807, 2.05) is 0 Å². The number of nitrogens with one attached hydrogen (secondary N) is 2. The normalized spacial score (nSPS) is 13.5. The van der Waals surface area contributed by atoms with Gasteiger partial charge in [-0.15, -0.1) is 10.2 Å². The molecule has 1 aromatic heterocycles. The van der Waals surface area contributed by atoms with Crippen LogP contribution in [0.1, 0.15) is 38.9 Å². The molecule has 1 saturated heterocycles. The Morgan fingerprint density at radius 1 is 1.18 bits per heavy atom. The lowest BCUT2D eigenvalue weighted by Gasteiger charge is -2.14. The third-order valence-electron chi connectivity index (χ3n) is 4.22. The van der Waals surface area contributed by atoms with Crippen LogP contribution in [0.3, 0.4) is 0 Å². The Kier molecular flexibility index (Phi) is 6.53. The Morgan fingerprint density at radius 3 is 2.54 bits per heavy atom. The average molecular weight is 403 g/mol. The van der Waals surface area contributed by atoms with Crippen LogP contribution in [-0.2, 0) is 4.79 Å². The molecule has 2 heterocycles. The van der Waals surface area contributed by atoms with Crippen molar-refractivity contribution in [3.63, 3.8) is 0 Å². The molecule has 1 aliphatic rings. The number of aromatic nitrogens is 2. The third-order valence-corrected chi connectivity index (χ3v) is 5.14. The summed E-state index contributed by atoms with van der Waals surface area (Å²) in [6.07, 6.45) is 2.18. The summed E-state index contributed by atoms with van der Waals surface area (Å²) >= 11 is 0.924. The number of amides is 3. The van der Waals surface area contributed by atoms with Gasteiger partial charge in [-0.1, -0.05) is 11.3 Å². The van der Waals surface area contributed by atoms with Crippen molar-refractivity contribution in [2.24, 2.45) is 0 Å². The Hall–Kier alpha value is -3.01. The molecule has 0 spiro atoms. The molecule has 148 valence electrons. The maximum absolute atomic E-state index is 12.2. The van der Waals surface area contributed by atoms with E-state index in [0.717, 1.165) is 24.3 Å². The Labute approximate surface area is 166 Å². The fourth-order valence-corrected chi connectivity index (χ4v) is 3.41. The Bertz CT molecular complexity index is 852. The molecule has 0 atom stereocenters. The van der Waals surface area contributed by atoms with Crippen molar-refractivity contribution in [3.8, 4) is 5.75 Å². The minimum Gasteiger partial charge on any atom is -0.497 e. The molecule has 9 nitrogen and oxygen atoms in total. The summed E-state index contributed by atoms with van der Waals surface area (Å²) in [5.74, 6) is 0.0351. The van der Waals surface area contributed by atoms with Gasteiger partial charge in [0, 0.05) is 31.7 Å². The molecule has 1 fully saturated rings. The highest BCUT2D eigenvalue weighted by atomic mass is 32.1. The highest BCUT2D eigenvalue weighted by Gasteiger charge is 2.20. The van der Waals surface area contributed by atoms with Gasteiger partial charge in [-0.05, 0) is 37.1 Å². The van der Waals surface area contributed by atoms with E-state index in [1.165, 1.54) is 0 Å². The minimum absolute atomic E-state index is 0.101. The van der Waals surface area contributed by atoms with E-state index in [4.69, 9.17) is 4.74 Å². The summed E-state index contributed by atoms with van der Waals surface area (Å²) < 4.78 is 5.07. The SMILES string of the molecule is COc1ccc(NC(=O)c2nnc(C(=O)NCCCN3CCCC3=O)s2)cc1. The second-order valence-corrected chi connectivity index (χ2v) is 7.17. The smallest absolute Gasteiger partial charge is 0.286 e. The van der Waals surface area contributed by atoms with Gasteiger partial charge in [0.1, 0.15) is 5.75 Å². The summed E-state index contributed by atoms with van der Waals surface area (Å²) in [5, 5.41) is 13.2. The first kappa shape index (κ1) is 19.7. The summed E-state index contributed by atoms with van der Waals surface area (Å²) in [6, 6.07) is 6.86. The van der Waals surface area contributed by atoms with E-state index in [1.54, 1.807) is 36.3 Å². The number of benzene rings is 1. The molecular weight excluding hydrogens is 382 g/mol. The van der Waals surface area contributed by atoms with Gasteiger partial charge in [-0.3, -0.25) is 14.4 Å². The fourth-order valence-electron chi connectivity index (χ4n) is 2.75. The number of hydrogen-bond donors (Lipinski definition) is 2. The molecule has 1 aromatic carbocycles. The van der Waals surface area contributed by atoms with Crippen molar-refractivity contribution < 1.29 is 19.1 Å². The van der Waals surface area contributed by atoms with E-state index in [2.05, 4.69) is 20.8 Å². The van der Waals surface area contributed by atoms with Gasteiger partial charge >= 0.3 is 0 Å². The number of hydrogen-bond acceptors (Lipinski definition) is 7. The second kappa shape index (κ2) is 9.27. The van der Waals surface area contributed by atoms with Crippen LogP contribution in [0.15, 0.2) is 24.3 Å². The summed E-state index contributed by atoms with van der Waals surface area (Å²) in [5.41, 5.74) is 0.587. The number of likely N-dealkylation sites (tertiary alicyclic amines) is 1. The maximum atomic E-state index is 12.2. The van der Waals surface area contributed by atoms with Gasteiger partial charge in [0.05, 0.1) is 7.11 Å². The second-order valence-electron chi connectivity index (χ2n) is 6.19. The van der Waals surface area contributed by atoms with Gasteiger partial charge in [-0.25, -0.2) is 0 Å². The Balaban J connectivity index is 1.46. The quantitative estimate of drug-likeness (QED) is 0.647. The lowest BCUT2D eigenvalue weighted by Crippen LogP contribution is -2.30. The van der Waals surface area contributed by atoms with Crippen LogP contribution in [0.5, 0.6) is 5.75 Å². The Morgan fingerprint density at radius 2 is 1.89 bits per heavy atom. The number of nitrogens with zero attached hydrogens (tertiary/aromatic N) is 3. The van der Waals surface area contributed by atoms with Gasteiger partial charge in [0.2, 0.25) is 15.9 Å². The molecule has 28 heavy (non-hydrogen) atoms. The van der Waals surface area contributed by atoms with Gasteiger partial charge in [-0.2, -0.15) is 0 Å². The number of anilines is 1. The number of carbonyl (C=O) groups excluding carboxylic acids is 3.